The molecule has 1 fully saturated rings. The topological polar surface area (TPSA) is 119 Å². The summed E-state index contributed by atoms with van der Waals surface area (Å²) in [6, 6.07) is 6.24. The van der Waals surface area contributed by atoms with E-state index in [0.29, 0.717) is 12.8 Å². The van der Waals surface area contributed by atoms with Crippen LogP contribution in [0.3, 0.4) is 0 Å². The molecule has 0 aromatic heterocycles. The first-order valence-electron chi connectivity index (χ1n) is 8.07. The summed E-state index contributed by atoms with van der Waals surface area (Å²) in [6.07, 6.45) is 1.19. The lowest BCUT2D eigenvalue weighted by atomic mass is 10.1. The Kier molecular flexibility index (Phi) is 6.51. The normalized spacial score (nSPS) is 19.4. The smallest absolute Gasteiger partial charge is 0.328 e. The third-order valence-corrected chi connectivity index (χ3v) is 6.04. The van der Waals surface area contributed by atoms with Crippen LogP contribution in [-0.2, 0) is 24.3 Å². The van der Waals surface area contributed by atoms with Crippen molar-refractivity contribution in [2.75, 3.05) is 20.2 Å². The fraction of sp³-hybridized carbons (Fsp3) is 0.500. The molecule has 1 aliphatic heterocycles. The number of esters is 1. The zero-order valence-electron chi connectivity index (χ0n) is 14.1. The minimum Gasteiger partial charge on any atom is -0.467 e. The minimum absolute atomic E-state index is 0.140. The van der Waals surface area contributed by atoms with Crippen molar-refractivity contribution in [2.24, 2.45) is 5.73 Å². The van der Waals surface area contributed by atoms with Crippen LogP contribution < -0.4 is 11.1 Å². The van der Waals surface area contributed by atoms with Gasteiger partial charge in [0.1, 0.15) is 12.1 Å². The van der Waals surface area contributed by atoms with E-state index in [-0.39, 0.29) is 24.4 Å². The van der Waals surface area contributed by atoms with E-state index < -0.39 is 34.0 Å². The molecule has 1 saturated heterocycles. The van der Waals surface area contributed by atoms with Crippen LogP contribution in [0.1, 0.15) is 19.3 Å². The van der Waals surface area contributed by atoms with E-state index in [1.807, 2.05) is 0 Å². The third kappa shape index (κ3) is 4.36. The number of nitrogens with zero attached hydrogens (tertiary/aromatic N) is 1. The number of hydrogen-bond donors (Lipinski definition) is 2. The summed E-state index contributed by atoms with van der Waals surface area (Å²) >= 11 is 0. The first-order valence-corrected chi connectivity index (χ1v) is 9.51. The van der Waals surface area contributed by atoms with E-state index in [9.17, 15) is 18.0 Å². The van der Waals surface area contributed by atoms with E-state index in [2.05, 4.69) is 10.1 Å². The standard InChI is InChI=1S/C16H23N3O5S/c1-24-16(21)13(9-10-17)18-15(20)14-8-5-11-19(14)25(22,23)12-6-3-2-4-7-12/h2-4,6-7,13-14H,5,8-11,17H2,1H3,(H,18,20). The van der Waals surface area contributed by atoms with Crippen molar-refractivity contribution in [3.05, 3.63) is 30.3 Å². The maximum atomic E-state index is 12.8. The molecular formula is C16H23N3O5S. The monoisotopic (exact) mass is 369 g/mol. The Labute approximate surface area is 147 Å². The average molecular weight is 369 g/mol. The molecule has 0 saturated carbocycles. The van der Waals surface area contributed by atoms with Crippen molar-refractivity contribution in [2.45, 2.75) is 36.2 Å². The number of hydrogen-bond acceptors (Lipinski definition) is 6. The number of ether oxygens (including phenoxy) is 1. The quantitative estimate of drug-likeness (QED) is 0.645. The van der Waals surface area contributed by atoms with Gasteiger partial charge in [-0.25, -0.2) is 13.2 Å². The summed E-state index contributed by atoms with van der Waals surface area (Å²) in [6.45, 7) is 0.450. The van der Waals surface area contributed by atoms with Crippen LogP contribution in [0.2, 0.25) is 0 Å². The van der Waals surface area contributed by atoms with Gasteiger partial charge in [-0.2, -0.15) is 4.31 Å². The number of methoxy groups -OCH3 is 1. The Bertz CT molecular complexity index is 708. The molecule has 1 aromatic carbocycles. The fourth-order valence-electron chi connectivity index (χ4n) is 2.84. The molecule has 138 valence electrons. The predicted octanol–water partition coefficient (Wildman–Crippen LogP) is -0.154. The molecule has 2 atom stereocenters. The zero-order chi connectivity index (χ0) is 18.4. The molecule has 1 aliphatic rings. The summed E-state index contributed by atoms with van der Waals surface area (Å²) in [4.78, 5) is 24.4. The number of benzene rings is 1. The first-order chi connectivity index (χ1) is 11.9. The first kappa shape index (κ1) is 19.4. The maximum absolute atomic E-state index is 12.8. The Morgan fingerprint density at radius 2 is 2.04 bits per heavy atom. The third-order valence-electron chi connectivity index (χ3n) is 4.11. The second kappa shape index (κ2) is 8.41. The lowest BCUT2D eigenvalue weighted by molar-refractivity contribution is -0.145. The number of amides is 1. The molecule has 3 N–H and O–H groups in total. The van der Waals surface area contributed by atoms with Gasteiger partial charge >= 0.3 is 5.97 Å². The van der Waals surface area contributed by atoms with Gasteiger partial charge in [-0.15, -0.1) is 0 Å². The highest BCUT2D eigenvalue weighted by Gasteiger charge is 2.40. The van der Waals surface area contributed by atoms with Gasteiger partial charge < -0.3 is 15.8 Å². The second-order valence-corrected chi connectivity index (χ2v) is 7.64. The lowest BCUT2D eigenvalue weighted by Gasteiger charge is -2.25. The van der Waals surface area contributed by atoms with Crippen LogP contribution in [0.15, 0.2) is 35.2 Å². The van der Waals surface area contributed by atoms with E-state index in [1.165, 1.54) is 23.5 Å². The van der Waals surface area contributed by atoms with Crippen molar-refractivity contribution in [3.63, 3.8) is 0 Å². The summed E-state index contributed by atoms with van der Waals surface area (Å²) in [7, 11) is -2.55. The molecule has 8 nitrogen and oxygen atoms in total. The highest BCUT2D eigenvalue weighted by Crippen LogP contribution is 2.26. The summed E-state index contributed by atoms with van der Waals surface area (Å²) in [5, 5.41) is 2.56. The molecule has 0 radical (unpaired) electrons. The fourth-order valence-corrected chi connectivity index (χ4v) is 4.52. The number of rotatable bonds is 7. The van der Waals surface area contributed by atoms with Gasteiger partial charge in [-0.1, -0.05) is 18.2 Å². The second-order valence-electron chi connectivity index (χ2n) is 5.75. The van der Waals surface area contributed by atoms with Gasteiger partial charge in [-0.05, 0) is 37.9 Å². The van der Waals surface area contributed by atoms with Crippen molar-refractivity contribution in [1.29, 1.82) is 0 Å². The van der Waals surface area contributed by atoms with E-state index in [4.69, 9.17) is 5.73 Å². The molecule has 0 bridgehead atoms. The van der Waals surface area contributed by atoms with Crippen molar-refractivity contribution in [3.8, 4) is 0 Å². The van der Waals surface area contributed by atoms with Crippen LogP contribution in [0.25, 0.3) is 0 Å². The molecule has 1 amide bonds. The van der Waals surface area contributed by atoms with Crippen LogP contribution in [0.5, 0.6) is 0 Å². The molecule has 2 unspecified atom stereocenters. The molecular weight excluding hydrogens is 346 g/mol. The van der Waals surface area contributed by atoms with Crippen molar-refractivity contribution < 1.29 is 22.7 Å². The largest absolute Gasteiger partial charge is 0.467 e. The summed E-state index contributed by atoms with van der Waals surface area (Å²) in [5.41, 5.74) is 5.46. The molecule has 9 heteroatoms. The van der Waals surface area contributed by atoms with E-state index in [1.54, 1.807) is 18.2 Å². The van der Waals surface area contributed by atoms with Crippen LogP contribution >= 0.6 is 0 Å². The summed E-state index contributed by atoms with van der Waals surface area (Å²) in [5.74, 6) is -1.12. The number of sulfonamides is 1. The molecule has 1 heterocycles. The number of nitrogens with two attached hydrogens (primary N) is 1. The Hall–Kier alpha value is -1.97. The van der Waals surface area contributed by atoms with Crippen LogP contribution in [0, 0.1) is 0 Å². The predicted molar refractivity (Wildman–Crippen MR) is 91.0 cm³/mol. The van der Waals surface area contributed by atoms with Crippen molar-refractivity contribution in [1.82, 2.24) is 9.62 Å². The highest BCUT2D eigenvalue weighted by atomic mass is 32.2. The number of nitrogens with one attached hydrogen (secondary N) is 1. The van der Waals surface area contributed by atoms with Gasteiger partial charge in [0.15, 0.2) is 0 Å². The Morgan fingerprint density at radius 3 is 2.64 bits per heavy atom. The highest BCUT2D eigenvalue weighted by molar-refractivity contribution is 7.89. The molecule has 0 spiro atoms. The van der Waals surface area contributed by atoms with Gasteiger partial charge in [0.2, 0.25) is 15.9 Å². The lowest BCUT2D eigenvalue weighted by Crippen LogP contribution is -2.51. The average Bonchev–Trinajstić information content (AvgIpc) is 3.12. The Morgan fingerprint density at radius 1 is 1.36 bits per heavy atom. The van der Waals surface area contributed by atoms with Gasteiger partial charge in [0.25, 0.3) is 0 Å². The van der Waals surface area contributed by atoms with Gasteiger partial charge in [-0.3, -0.25) is 4.79 Å². The van der Waals surface area contributed by atoms with E-state index in [0.717, 1.165) is 0 Å². The van der Waals surface area contributed by atoms with Gasteiger partial charge in [0, 0.05) is 6.54 Å². The minimum atomic E-state index is -3.78. The molecule has 0 aliphatic carbocycles. The number of carbonyl (C=O) groups is 2. The van der Waals surface area contributed by atoms with Crippen LogP contribution in [0.4, 0.5) is 0 Å². The maximum Gasteiger partial charge on any atom is 0.328 e. The Balaban J connectivity index is 2.17. The zero-order valence-corrected chi connectivity index (χ0v) is 14.9. The van der Waals surface area contributed by atoms with Crippen molar-refractivity contribution >= 4 is 21.9 Å². The molecule has 1 aromatic rings. The van der Waals surface area contributed by atoms with E-state index >= 15 is 0 Å². The number of carbonyl (C=O) groups excluding carboxylic acids is 2. The van der Waals surface area contributed by atoms with Crippen LogP contribution in [-0.4, -0.2) is 56.9 Å². The SMILES string of the molecule is COC(=O)C(CCN)NC(=O)C1CCCN1S(=O)(=O)c1ccccc1. The summed E-state index contributed by atoms with van der Waals surface area (Å²) < 4.78 is 31.4. The molecule has 25 heavy (non-hydrogen) atoms. The van der Waals surface area contributed by atoms with Gasteiger partial charge in [0.05, 0.1) is 12.0 Å². The molecule has 2 rings (SSSR count).